The van der Waals surface area contributed by atoms with Crippen LogP contribution in [-0.2, 0) is 22.5 Å². The molecule has 0 fully saturated rings. The number of imidazole rings is 1. The quantitative estimate of drug-likeness (QED) is 0.400. The number of fused-ring (bicyclic) bond motifs is 2. The van der Waals surface area contributed by atoms with Crippen LogP contribution < -0.4 is 10.4 Å². The van der Waals surface area contributed by atoms with E-state index in [-0.39, 0.29) is 22.4 Å². The summed E-state index contributed by atoms with van der Waals surface area (Å²) in [6, 6.07) is 1.91. The van der Waals surface area contributed by atoms with E-state index in [1.54, 1.807) is 6.92 Å². The summed E-state index contributed by atoms with van der Waals surface area (Å²) < 4.78 is 105. The third-order valence-corrected chi connectivity index (χ3v) is 7.43. The predicted molar refractivity (Wildman–Crippen MR) is 118 cm³/mol. The summed E-state index contributed by atoms with van der Waals surface area (Å²) in [6.07, 6.45) is 0.779. The summed E-state index contributed by atoms with van der Waals surface area (Å²) in [7, 11) is -3.99. The number of aromatic nitrogens is 3. The Hall–Kier alpha value is -3.52. The van der Waals surface area contributed by atoms with Crippen molar-refractivity contribution in [2.24, 2.45) is 0 Å². The topological polar surface area (TPSA) is 99.1 Å². The van der Waals surface area contributed by atoms with Crippen molar-refractivity contribution in [2.75, 3.05) is 5.75 Å². The second-order valence-corrected chi connectivity index (χ2v) is 10.5. The van der Waals surface area contributed by atoms with Crippen molar-refractivity contribution in [3.8, 4) is 16.9 Å². The molecule has 3 heterocycles. The van der Waals surface area contributed by atoms with Crippen LogP contribution in [0.4, 0.5) is 22.0 Å². The largest absolute Gasteiger partial charge is 0.354 e. The van der Waals surface area contributed by atoms with Crippen LogP contribution in [0.15, 0.2) is 39.8 Å². The molecule has 5 rings (SSSR count). The lowest BCUT2D eigenvalue weighted by atomic mass is 9.98. The molecule has 2 aromatic carbocycles. The molecule has 1 N–H and O–H groups in total. The Balaban J connectivity index is 1.70. The number of nitrogens with zero attached hydrogens (tertiary/aromatic N) is 3. The number of sulfonamides is 1. The highest BCUT2D eigenvalue weighted by Gasteiger charge is 2.52. The van der Waals surface area contributed by atoms with Crippen molar-refractivity contribution >= 4 is 21.0 Å². The second kappa shape index (κ2) is 8.00. The first-order chi connectivity index (χ1) is 16.8. The average molecular weight is 528 g/mol. The Morgan fingerprint density at radius 2 is 1.83 bits per heavy atom. The van der Waals surface area contributed by atoms with Gasteiger partial charge >= 0.3 is 11.6 Å². The van der Waals surface area contributed by atoms with E-state index in [1.807, 2.05) is 4.72 Å². The molecule has 0 bridgehead atoms. The summed E-state index contributed by atoms with van der Waals surface area (Å²) in [4.78, 5) is 13.1. The molecule has 0 unspecified atom stereocenters. The number of hydrogen-bond acceptors (Lipinski definition) is 5. The van der Waals surface area contributed by atoms with Gasteiger partial charge in [-0.3, -0.25) is 4.57 Å². The molecule has 4 aromatic rings. The van der Waals surface area contributed by atoms with Gasteiger partial charge in [-0.05, 0) is 25.5 Å². The number of rotatable bonds is 5. The van der Waals surface area contributed by atoms with Crippen molar-refractivity contribution in [1.29, 1.82) is 0 Å². The molecule has 0 saturated carbocycles. The molecular formula is C22H17F5N4O4S. The average Bonchev–Trinajstić information content (AvgIpc) is 3.40. The molecule has 0 radical (unpaired) electrons. The molecule has 1 aliphatic rings. The summed E-state index contributed by atoms with van der Waals surface area (Å²) in [5, 5.41) is 3.72. The van der Waals surface area contributed by atoms with Crippen molar-refractivity contribution in [2.45, 2.75) is 32.4 Å². The van der Waals surface area contributed by atoms with Crippen molar-refractivity contribution < 1.29 is 34.9 Å². The Morgan fingerprint density at radius 1 is 1.17 bits per heavy atom. The molecule has 0 amide bonds. The predicted octanol–water partition coefficient (Wildman–Crippen LogP) is 3.59. The Morgan fingerprint density at radius 3 is 2.44 bits per heavy atom. The monoisotopic (exact) mass is 528 g/mol. The second-order valence-electron chi connectivity index (χ2n) is 8.41. The first-order valence-corrected chi connectivity index (χ1v) is 12.2. The first kappa shape index (κ1) is 24.2. The molecule has 1 aliphatic heterocycles. The third kappa shape index (κ3) is 3.63. The molecule has 1 atom stereocenters. The van der Waals surface area contributed by atoms with E-state index >= 15 is 8.78 Å². The van der Waals surface area contributed by atoms with E-state index in [0.29, 0.717) is 22.3 Å². The van der Waals surface area contributed by atoms with Crippen LogP contribution in [0, 0.1) is 24.4 Å². The van der Waals surface area contributed by atoms with Crippen molar-refractivity contribution in [3.63, 3.8) is 0 Å². The Bertz CT molecular complexity index is 1680. The van der Waals surface area contributed by atoms with E-state index < -0.39 is 68.7 Å². The Labute approximate surface area is 200 Å². The minimum absolute atomic E-state index is 0.00160. The lowest BCUT2D eigenvalue weighted by molar-refractivity contribution is -0.0248. The lowest BCUT2D eigenvalue weighted by Gasteiger charge is -2.19. The number of benzene rings is 2. The number of alkyl halides is 2. The van der Waals surface area contributed by atoms with Crippen LogP contribution in [0.5, 0.6) is 0 Å². The van der Waals surface area contributed by atoms with Gasteiger partial charge in [0.2, 0.25) is 10.0 Å². The summed E-state index contributed by atoms with van der Waals surface area (Å²) in [5.74, 6) is -8.09. The van der Waals surface area contributed by atoms with Gasteiger partial charge in [0.25, 0.3) is 0 Å². The lowest BCUT2D eigenvalue weighted by Crippen LogP contribution is -2.45. The fourth-order valence-corrected chi connectivity index (χ4v) is 5.14. The molecule has 36 heavy (non-hydrogen) atoms. The fourth-order valence-electron chi connectivity index (χ4n) is 4.32. The molecular weight excluding hydrogens is 511 g/mol. The molecule has 2 aromatic heterocycles. The summed E-state index contributed by atoms with van der Waals surface area (Å²) in [5.41, 5.74) is -2.03. The van der Waals surface area contributed by atoms with Gasteiger partial charge in [-0.1, -0.05) is 11.2 Å². The minimum Gasteiger partial charge on any atom is -0.354 e. The van der Waals surface area contributed by atoms with Crippen LogP contribution in [0.25, 0.3) is 27.9 Å². The molecule has 190 valence electrons. The van der Waals surface area contributed by atoms with Crippen LogP contribution in [0.2, 0.25) is 0 Å². The van der Waals surface area contributed by atoms with Gasteiger partial charge in [0, 0.05) is 23.9 Å². The molecule has 0 spiro atoms. The number of nitrogens with one attached hydrogen (secondary N) is 1. The number of aryl methyl sites for hydroxylation is 1. The fraction of sp³-hybridized carbons (Fsp3) is 0.273. The minimum atomic E-state index is -3.99. The van der Waals surface area contributed by atoms with Crippen LogP contribution >= 0.6 is 0 Å². The van der Waals surface area contributed by atoms with Crippen molar-refractivity contribution in [3.05, 3.63) is 69.7 Å². The number of hydrogen-bond donors (Lipinski definition) is 1. The Kier molecular flexibility index (Phi) is 5.37. The van der Waals surface area contributed by atoms with Crippen LogP contribution in [0.3, 0.4) is 0 Å². The maximum atomic E-state index is 15.1. The van der Waals surface area contributed by atoms with E-state index in [4.69, 9.17) is 4.52 Å². The maximum Gasteiger partial charge on any atom is 0.334 e. The van der Waals surface area contributed by atoms with Gasteiger partial charge in [0.05, 0.1) is 23.2 Å². The van der Waals surface area contributed by atoms with E-state index in [9.17, 15) is 26.4 Å². The van der Waals surface area contributed by atoms with Gasteiger partial charge in [0.15, 0.2) is 11.4 Å². The highest BCUT2D eigenvalue weighted by atomic mass is 32.2. The molecule has 14 heteroatoms. The van der Waals surface area contributed by atoms with Gasteiger partial charge in [-0.2, -0.15) is 8.78 Å². The summed E-state index contributed by atoms with van der Waals surface area (Å²) >= 11 is 0. The van der Waals surface area contributed by atoms with Gasteiger partial charge in [-0.15, -0.1) is 0 Å². The SMILES string of the molecule is CCS(=O)(=O)N[C@@H]1Cn2c(cn(-c3noc4cc(C)cc(-c5c(F)cc(F)cc5F)c34)c2=O)C1(F)F. The van der Waals surface area contributed by atoms with E-state index in [1.165, 1.54) is 19.1 Å². The van der Waals surface area contributed by atoms with E-state index in [0.717, 1.165) is 10.8 Å². The first-order valence-electron chi connectivity index (χ1n) is 10.6. The van der Waals surface area contributed by atoms with Crippen LogP contribution in [0.1, 0.15) is 18.2 Å². The normalized spacial score (nSPS) is 17.1. The molecule has 0 saturated heterocycles. The molecule has 0 aliphatic carbocycles. The highest BCUT2D eigenvalue weighted by Crippen LogP contribution is 2.40. The smallest absolute Gasteiger partial charge is 0.334 e. The zero-order valence-corrected chi connectivity index (χ0v) is 19.5. The third-order valence-electron chi connectivity index (χ3n) is 6.03. The van der Waals surface area contributed by atoms with Gasteiger partial charge < -0.3 is 4.52 Å². The zero-order chi connectivity index (χ0) is 26.2. The van der Waals surface area contributed by atoms with Gasteiger partial charge in [-0.25, -0.2) is 35.7 Å². The van der Waals surface area contributed by atoms with Gasteiger partial charge in [0.1, 0.15) is 29.2 Å². The standard InChI is InChI=1S/C22H17F5N4O4S/c1-3-36(33,34)29-16-8-30-17(22(16,26)27)9-31(21(30)32)20-19-12(4-10(2)5-15(19)35-28-20)18-13(24)6-11(23)7-14(18)25/h4-7,9,16,29H,3,8H2,1-2H3/t16-/m1/s1. The summed E-state index contributed by atoms with van der Waals surface area (Å²) in [6.45, 7) is 2.22. The van der Waals surface area contributed by atoms with Crippen molar-refractivity contribution in [1.82, 2.24) is 19.0 Å². The zero-order valence-electron chi connectivity index (χ0n) is 18.7. The van der Waals surface area contributed by atoms with Crippen LogP contribution in [-0.4, -0.2) is 34.5 Å². The maximum absolute atomic E-state index is 15.1. The molecule has 8 nitrogen and oxygen atoms in total. The highest BCUT2D eigenvalue weighted by molar-refractivity contribution is 7.89. The van der Waals surface area contributed by atoms with E-state index in [2.05, 4.69) is 5.16 Å². The number of halogens is 5.